The second kappa shape index (κ2) is 9.32. The Hall–Kier alpha value is -1.24. The van der Waals surface area contributed by atoms with Gasteiger partial charge in [0.1, 0.15) is 6.07 Å². The number of nitriles is 1. The van der Waals surface area contributed by atoms with Gasteiger partial charge in [0.05, 0.1) is 6.61 Å². The summed E-state index contributed by atoms with van der Waals surface area (Å²) in [7, 11) is 0. The highest BCUT2D eigenvalue weighted by Crippen LogP contribution is 2.08. The fourth-order valence-corrected chi connectivity index (χ4v) is 1.17. The van der Waals surface area contributed by atoms with Gasteiger partial charge in [-0.2, -0.15) is 5.26 Å². The third kappa shape index (κ3) is 7.80. The number of unbranched alkanes of at least 4 members (excludes halogenated alkanes) is 3. The van der Waals surface area contributed by atoms with Gasteiger partial charge in [-0.25, -0.2) is 4.79 Å². The Morgan fingerprint density at radius 1 is 1.33 bits per heavy atom. The lowest BCUT2D eigenvalue weighted by Gasteiger charge is -2.09. The van der Waals surface area contributed by atoms with E-state index in [9.17, 15) is 4.79 Å². The van der Waals surface area contributed by atoms with Crippen molar-refractivity contribution in [2.75, 3.05) is 6.61 Å². The molecule has 0 saturated heterocycles. The smallest absolute Gasteiger partial charge is 0.435 e. The van der Waals surface area contributed by atoms with Crippen LogP contribution in [0.3, 0.4) is 0 Å². The highest BCUT2D eigenvalue weighted by molar-refractivity contribution is 5.60. The molecule has 0 aromatic rings. The molecule has 86 valence electrons. The van der Waals surface area contributed by atoms with E-state index in [1.54, 1.807) is 6.92 Å². The molecular weight excluding hydrogens is 194 g/mol. The first-order chi connectivity index (χ1) is 7.24. The molecule has 4 heteroatoms. The number of hydrogen-bond donors (Lipinski definition) is 0. The molecule has 0 aliphatic rings. The molecule has 15 heavy (non-hydrogen) atoms. The standard InChI is InChI=1S/C11H19NO3/c1-3-5-6-7-8-10(9-12)15-11(13)14-4-2/h10H,3-8H2,1-2H3. The first-order valence-corrected chi connectivity index (χ1v) is 5.47. The monoisotopic (exact) mass is 213 g/mol. The van der Waals surface area contributed by atoms with Crippen molar-refractivity contribution in [1.82, 2.24) is 0 Å². The Morgan fingerprint density at radius 3 is 2.60 bits per heavy atom. The van der Waals surface area contributed by atoms with Crippen LogP contribution >= 0.6 is 0 Å². The van der Waals surface area contributed by atoms with Crippen molar-refractivity contribution in [3.63, 3.8) is 0 Å². The maximum absolute atomic E-state index is 10.9. The Balaban J connectivity index is 3.64. The van der Waals surface area contributed by atoms with Crippen LogP contribution < -0.4 is 0 Å². The van der Waals surface area contributed by atoms with Gasteiger partial charge in [0, 0.05) is 0 Å². The number of carbonyl (C=O) groups is 1. The Bertz CT molecular complexity index is 210. The summed E-state index contributed by atoms with van der Waals surface area (Å²) in [5, 5.41) is 8.72. The van der Waals surface area contributed by atoms with Crippen molar-refractivity contribution in [2.24, 2.45) is 0 Å². The van der Waals surface area contributed by atoms with Crippen LogP contribution in [0.5, 0.6) is 0 Å². The summed E-state index contributed by atoms with van der Waals surface area (Å²) >= 11 is 0. The number of ether oxygens (including phenoxy) is 2. The number of rotatable bonds is 7. The summed E-state index contributed by atoms with van der Waals surface area (Å²) in [6.45, 7) is 4.09. The predicted octanol–water partition coefficient (Wildman–Crippen LogP) is 3.02. The molecule has 0 aromatic heterocycles. The number of nitrogens with zero attached hydrogens (tertiary/aromatic N) is 1. The Kier molecular flexibility index (Phi) is 8.55. The Labute approximate surface area is 91.2 Å². The molecule has 0 rings (SSSR count). The van der Waals surface area contributed by atoms with Crippen molar-refractivity contribution in [3.8, 4) is 6.07 Å². The van der Waals surface area contributed by atoms with Crippen LogP contribution in [-0.4, -0.2) is 18.9 Å². The van der Waals surface area contributed by atoms with Gasteiger partial charge >= 0.3 is 6.16 Å². The molecular formula is C11H19NO3. The van der Waals surface area contributed by atoms with Crippen LogP contribution in [0.1, 0.15) is 46.0 Å². The molecule has 1 unspecified atom stereocenters. The normalized spacial score (nSPS) is 11.5. The molecule has 0 heterocycles. The van der Waals surface area contributed by atoms with Crippen LogP contribution in [0, 0.1) is 11.3 Å². The summed E-state index contributed by atoms with van der Waals surface area (Å²) in [6, 6.07) is 1.95. The molecule has 0 aliphatic carbocycles. The lowest BCUT2D eigenvalue weighted by Crippen LogP contribution is -2.17. The molecule has 0 radical (unpaired) electrons. The second-order valence-electron chi connectivity index (χ2n) is 3.27. The zero-order valence-electron chi connectivity index (χ0n) is 9.49. The maximum Gasteiger partial charge on any atom is 0.509 e. The second-order valence-corrected chi connectivity index (χ2v) is 3.27. The van der Waals surface area contributed by atoms with Crippen molar-refractivity contribution >= 4 is 6.16 Å². The van der Waals surface area contributed by atoms with Crippen molar-refractivity contribution in [3.05, 3.63) is 0 Å². The van der Waals surface area contributed by atoms with E-state index in [4.69, 9.17) is 10.00 Å². The van der Waals surface area contributed by atoms with E-state index >= 15 is 0 Å². The summed E-state index contributed by atoms with van der Waals surface area (Å²) in [6.07, 6.45) is 3.45. The lowest BCUT2D eigenvalue weighted by atomic mass is 10.1. The van der Waals surface area contributed by atoms with Crippen LogP contribution in [0.4, 0.5) is 4.79 Å². The molecule has 0 saturated carbocycles. The van der Waals surface area contributed by atoms with Crippen molar-refractivity contribution in [2.45, 2.75) is 52.1 Å². The molecule has 0 spiro atoms. The fourth-order valence-electron chi connectivity index (χ4n) is 1.17. The topological polar surface area (TPSA) is 59.3 Å². The third-order valence-electron chi connectivity index (χ3n) is 1.96. The highest BCUT2D eigenvalue weighted by atomic mass is 16.7. The molecule has 4 nitrogen and oxygen atoms in total. The first kappa shape index (κ1) is 13.8. The third-order valence-corrected chi connectivity index (χ3v) is 1.96. The molecule has 0 aliphatic heterocycles. The van der Waals surface area contributed by atoms with Crippen molar-refractivity contribution in [1.29, 1.82) is 5.26 Å². The van der Waals surface area contributed by atoms with Crippen LogP contribution in [-0.2, 0) is 9.47 Å². The minimum atomic E-state index is -0.750. The lowest BCUT2D eigenvalue weighted by molar-refractivity contribution is 0.0397. The van der Waals surface area contributed by atoms with Gasteiger partial charge in [-0.3, -0.25) is 0 Å². The van der Waals surface area contributed by atoms with Gasteiger partial charge in [0.15, 0.2) is 6.10 Å². The van der Waals surface area contributed by atoms with Crippen LogP contribution in [0.25, 0.3) is 0 Å². The van der Waals surface area contributed by atoms with E-state index in [-0.39, 0.29) is 6.61 Å². The van der Waals surface area contributed by atoms with Crippen molar-refractivity contribution < 1.29 is 14.3 Å². The van der Waals surface area contributed by atoms with E-state index < -0.39 is 12.3 Å². The quantitative estimate of drug-likeness (QED) is 0.481. The molecule has 0 N–H and O–H groups in total. The predicted molar refractivity (Wildman–Crippen MR) is 56.3 cm³/mol. The van der Waals surface area contributed by atoms with Crippen LogP contribution in [0.2, 0.25) is 0 Å². The summed E-state index contributed by atoms with van der Waals surface area (Å²) in [4.78, 5) is 10.9. The van der Waals surface area contributed by atoms with E-state index in [0.29, 0.717) is 6.42 Å². The average molecular weight is 213 g/mol. The summed E-state index contributed by atoms with van der Waals surface area (Å²) in [5.41, 5.74) is 0. The summed E-state index contributed by atoms with van der Waals surface area (Å²) in [5.74, 6) is 0. The first-order valence-electron chi connectivity index (χ1n) is 5.47. The zero-order valence-corrected chi connectivity index (χ0v) is 9.49. The fraction of sp³-hybridized carbons (Fsp3) is 0.818. The van der Waals surface area contributed by atoms with Gasteiger partial charge in [0.25, 0.3) is 0 Å². The SMILES string of the molecule is CCCCCCC(C#N)OC(=O)OCC. The number of hydrogen-bond acceptors (Lipinski definition) is 4. The van der Waals surface area contributed by atoms with Gasteiger partial charge in [-0.15, -0.1) is 0 Å². The van der Waals surface area contributed by atoms with Crippen LogP contribution in [0.15, 0.2) is 0 Å². The van der Waals surface area contributed by atoms with Gasteiger partial charge in [0.2, 0.25) is 0 Å². The zero-order chi connectivity index (χ0) is 11.5. The molecule has 0 amide bonds. The molecule has 0 aromatic carbocycles. The van der Waals surface area contributed by atoms with E-state index in [2.05, 4.69) is 11.7 Å². The van der Waals surface area contributed by atoms with Gasteiger partial charge < -0.3 is 9.47 Å². The minimum absolute atomic E-state index is 0.271. The van der Waals surface area contributed by atoms with E-state index in [1.165, 1.54) is 0 Å². The number of carbonyl (C=O) groups excluding carboxylic acids is 1. The highest BCUT2D eigenvalue weighted by Gasteiger charge is 2.13. The Morgan fingerprint density at radius 2 is 2.07 bits per heavy atom. The summed E-state index contributed by atoms with van der Waals surface area (Å²) < 4.78 is 9.39. The van der Waals surface area contributed by atoms with Gasteiger partial charge in [-0.1, -0.05) is 26.2 Å². The van der Waals surface area contributed by atoms with Gasteiger partial charge in [-0.05, 0) is 19.8 Å². The average Bonchev–Trinajstić information content (AvgIpc) is 2.23. The molecule has 1 atom stereocenters. The molecule has 0 bridgehead atoms. The minimum Gasteiger partial charge on any atom is -0.435 e. The molecule has 0 fully saturated rings. The largest absolute Gasteiger partial charge is 0.509 e. The van der Waals surface area contributed by atoms with E-state index in [1.807, 2.05) is 6.07 Å². The van der Waals surface area contributed by atoms with E-state index in [0.717, 1.165) is 25.7 Å². The maximum atomic E-state index is 10.9.